The minimum atomic E-state index is -2.52. The van der Waals surface area contributed by atoms with E-state index in [9.17, 15) is 4.79 Å². The van der Waals surface area contributed by atoms with Crippen molar-refractivity contribution in [3.8, 4) is 0 Å². The van der Waals surface area contributed by atoms with Crippen molar-refractivity contribution in [3.63, 3.8) is 0 Å². The molecule has 4 aliphatic rings. The lowest BCUT2D eigenvalue weighted by Gasteiger charge is -2.41. The van der Waals surface area contributed by atoms with E-state index in [1.165, 1.54) is 19.3 Å². The number of hydrogen-bond acceptors (Lipinski definition) is 6. The molecule has 166 valence electrons. The lowest BCUT2D eigenvalue weighted by molar-refractivity contribution is -0.272. The van der Waals surface area contributed by atoms with E-state index >= 15 is 0 Å². The van der Waals surface area contributed by atoms with Gasteiger partial charge in [-0.05, 0) is 59.8 Å². The highest BCUT2D eigenvalue weighted by Gasteiger charge is 2.63. The number of piperidine rings is 1. The number of rotatable bonds is 7. The van der Waals surface area contributed by atoms with Crippen molar-refractivity contribution in [1.29, 1.82) is 0 Å². The summed E-state index contributed by atoms with van der Waals surface area (Å²) in [5.41, 5.74) is -0.889. The van der Waals surface area contributed by atoms with Crippen molar-refractivity contribution in [2.75, 3.05) is 6.54 Å². The van der Waals surface area contributed by atoms with Gasteiger partial charge in [-0.2, -0.15) is 5.06 Å². The van der Waals surface area contributed by atoms with Gasteiger partial charge in [0, 0.05) is 24.7 Å². The topological polar surface area (TPSA) is 69.3 Å². The Balaban J connectivity index is 1.23. The smallest absolute Gasteiger partial charge is 0.368 e. The highest BCUT2D eigenvalue weighted by molar-refractivity contribution is 6.62. The predicted octanol–water partition coefficient (Wildman–Crippen LogP) is 3.16. The average Bonchev–Trinajstić information content (AvgIpc) is 3.18. The summed E-state index contributed by atoms with van der Waals surface area (Å²) in [5, 5.41) is 5.07. The summed E-state index contributed by atoms with van der Waals surface area (Å²) in [4.78, 5) is 18.9. The van der Waals surface area contributed by atoms with E-state index in [0.29, 0.717) is 18.6 Å². The molecule has 1 amide bonds. The minimum Gasteiger partial charge on any atom is -0.368 e. The number of hydroxylamine groups is 2. The number of amides is 1. The molecule has 1 aliphatic carbocycles. The first-order valence-electron chi connectivity index (χ1n) is 11.6. The zero-order valence-corrected chi connectivity index (χ0v) is 19.4. The molecule has 0 aromatic carbocycles. The van der Waals surface area contributed by atoms with Crippen molar-refractivity contribution < 1.29 is 22.9 Å². The van der Waals surface area contributed by atoms with Gasteiger partial charge in [-0.3, -0.25) is 9.63 Å². The molecule has 0 spiro atoms. The van der Waals surface area contributed by atoms with Crippen LogP contribution in [0.4, 0.5) is 0 Å². The largest absolute Gasteiger partial charge is 0.502 e. The Labute approximate surface area is 176 Å². The lowest BCUT2D eigenvalue weighted by atomic mass is 10.00. The molecule has 0 aromatic heterocycles. The van der Waals surface area contributed by atoms with Gasteiger partial charge in [-0.25, -0.2) is 0 Å². The van der Waals surface area contributed by atoms with Gasteiger partial charge in [0.05, 0.1) is 18.3 Å². The van der Waals surface area contributed by atoms with Crippen molar-refractivity contribution in [1.82, 2.24) is 10.4 Å². The van der Waals surface area contributed by atoms with Gasteiger partial charge in [-0.1, -0.05) is 19.3 Å². The normalized spacial score (nSPS) is 40.1. The number of carbonyl (C=O) groups is 1. The Morgan fingerprint density at radius 3 is 2.28 bits per heavy atom. The van der Waals surface area contributed by atoms with E-state index in [0.717, 1.165) is 38.1 Å². The maximum atomic E-state index is 12.8. The third kappa shape index (κ3) is 4.57. The third-order valence-electron chi connectivity index (χ3n) is 6.88. The standard InChI is InChI=1S/C21H38N2O5Si/c1-15-9-7-10-16(2)23(15)28-21(3,4)20(24)22-13-8-14-29-25-17-11-5-6-12-18(26-29)19(17)27-29/h15-19H,5-14H2,1-4H3,(H,22,24). The molecule has 1 saturated carbocycles. The van der Waals surface area contributed by atoms with E-state index in [-0.39, 0.29) is 24.2 Å². The van der Waals surface area contributed by atoms with Gasteiger partial charge < -0.3 is 18.6 Å². The molecule has 0 aromatic rings. The van der Waals surface area contributed by atoms with E-state index in [4.69, 9.17) is 18.1 Å². The predicted molar refractivity (Wildman–Crippen MR) is 111 cm³/mol. The second-order valence-corrected chi connectivity index (χ2v) is 12.4. The molecule has 4 unspecified atom stereocenters. The summed E-state index contributed by atoms with van der Waals surface area (Å²) < 4.78 is 18.8. The first-order valence-corrected chi connectivity index (χ1v) is 13.5. The van der Waals surface area contributed by atoms with Crippen molar-refractivity contribution in [2.24, 2.45) is 0 Å². The Morgan fingerprint density at radius 1 is 1.03 bits per heavy atom. The van der Waals surface area contributed by atoms with Crippen LogP contribution in [0.5, 0.6) is 0 Å². The zero-order chi connectivity index (χ0) is 20.6. The molecule has 3 aliphatic heterocycles. The van der Waals surface area contributed by atoms with Gasteiger partial charge in [0.2, 0.25) is 0 Å². The highest BCUT2D eigenvalue weighted by atomic mass is 28.4. The number of nitrogens with one attached hydrogen (secondary N) is 1. The van der Waals surface area contributed by atoms with E-state index in [1.807, 2.05) is 18.9 Å². The molecule has 4 fully saturated rings. The third-order valence-corrected chi connectivity index (χ3v) is 9.80. The fourth-order valence-corrected chi connectivity index (χ4v) is 8.47. The molecule has 2 bridgehead atoms. The Hall–Kier alpha value is -0.513. The monoisotopic (exact) mass is 426 g/mol. The summed E-state index contributed by atoms with van der Waals surface area (Å²) in [5.74, 6) is -0.0752. The first kappa shape index (κ1) is 21.7. The van der Waals surface area contributed by atoms with E-state index in [1.54, 1.807) is 0 Å². The molecule has 4 atom stereocenters. The number of fused-ring (bicyclic) bond motifs is 1. The van der Waals surface area contributed by atoms with Gasteiger partial charge in [-0.15, -0.1) is 0 Å². The molecule has 3 saturated heterocycles. The summed E-state index contributed by atoms with van der Waals surface area (Å²) >= 11 is 0. The fraction of sp³-hybridized carbons (Fsp3) is 0.952. The van der Waals surface area contributed by atoms with Crippen molar-refractivity contribution in [3.05, 3.63) is 0 Å². The van der Waals surface area contributed by atoms with Crippen LogP contribution >= 0.6 is 0 Å². The van der Waals surface area contributed by atoms with E-state index < -0.39 is 14.4 Å². The Bertz CT molecular complexity index is 572. The zero-order valence-electron chi connectivity index (χ0n) is 18.4. The molecule has 0 radical (unpaired) electrons. The van der Waals surface area contributed by atoms with Crippen LogP contribution in [0.25, 0.3) is 0 Å². The first-order chi connectivity index (χ1) is 13.8. The van der Waals surface area contributed by atoms with Crippen LogP contribution in [0, 0.1) is 0 Å². The van der Waals surface area contributed by atoms with Gasteiger partial charge in [0.15, 0.2) is 5.60 Å². The van der Waals surface area contributed by atoms with Crippen LogP contribution < -0.4 is 5.32 Å². The van der Waals surface area contributed by atoms with Crippen LogP contribution in [0.1, 0.15) is 79.1 Å². The number of carbonyl (C=O) groups excluding carboxylic acids is 1. The molecule has 3 heterocycles. The average molecular weight is 427 g/mol. The molecule has 7 nitrogen and oxygen atoms in total. The Kier molecular flexibility index (Phi) is 6.40. The fourth-order valence-electron chi connectivity index (χ4n) is 5.19. The minimum absolute atomic E-state index is 0.0752. The van der Waals surface area contributed by atoms with Crippen LogP contribution in [-0.4, -0.2) is 62.3 Å². The molecule has 8 heteroatoms. The summed E-state index contributed by atoms with van der Waals surface area (Å²) in [6, 6.07) is 1.45. The maximum absolute atomic E-state index is 12.8. The second kappa shape index (κ2) is 8.55. The Morgan fingerprint density at radius 2 is 1.66 bits per heavy atom. The molecular weight excluding hydrogens is 388 g/mol. The highest BCUT2D eigenvalue weighted by Crippen LogP contribution is 2.45. The van der Waals surface area contributed by atoms with Crippen LogP contribution in [0.3, 0.4) is 0 Å². The number of nitrogens with zero attached hydrogens (tertiary/aromatic N) is 1. The van der Waals surface area contributed by atoms with Crippen LogP contribution in [-0.2, 0) is 22.9 Å². The van der Waals surface area contributed by atoms with Crippen LogP contribution in [0.15, 0.2) is 0 Å². The number of hydrogen-bond donors (Lipinski definition) is 1. The SMILES string of the molecule is CC1CCCC(C)N1OC(C)(C)C(=O)NCCC[Si]12OC3CCCCC(O1)C3O2. The molecule has 29 heavy (non-hydrogen) atoms. The summed E-state index contributed by atoms with van der Waals surface area (Å²) in [7, 11) is -2.52. The molecular formula is C21H38N2O5Si. The van der Waals surface area contributed by atoms with Crippen molar-refractivity contribution >= 4 is 14.7 Å². The van der Waals surface area contributed by atoms with Crippen molar-refractivity contribution in [2.45, 2.75) is 121 Å². The summed E-state index contributed by atoms with van der Waals surface area (Å²) in [6.45, 7) is 8.62. The maximum Gasteiger partial charge on any atom is 0.502 e. The molecule has 4 rings (SSSR count). The van der Waals surface area contributed by atoms with Gasteiger partial charge in [0.25, 0.3) is 5.91 Å². The van der Waals surface area contributed by atoms with Gasteiger partial charge in [0.1, 0.15) is 0 Å². The van der Waals surface area contributed by atoms with Crippen LogP contribution in [0.2, 0.25) is 6.04 Å². The lowest BCUT2D eigenvalue weighted by Crippen LogP contribution is -2.53. The second-order valence-electron chi connectivity index (χ2n) is 9.81. The quantitative estimate of drug-likeness (QED) is 0.498. The molecule has 1 N–H and O–H groups in total. The van der Waals surface area contributed by atoms with E-state index in [2.05, 4.69) is 19.2 Å². The summed E-state index contributed by atoms with van der Waals surface area (Å²) in [6.07, 6.45) is 9.45. The van der Waals surface area contributed by atoms with Gasteiger partial charge >= 0.3 is 8.80 Å².